The highest BCUT2D eigenvalue weighted by Gasteiger charge is 2.30. The summed E-state index contributed by atoms with van der Waals surface area (Å²) in [6.45, 7) is 6.82. The van der Waals surface area contributed by atoms with Crippen LogP contribution in [0.25, 0.3) is 0 Å². The van der Waals surface area contributed by atoms with E-state index in [-0.39, 0.29) is 0 Å². The maximum atomic E-state index is 12.7. The minimum atomic E-state index is 0.291. The number of nitrogens with zero attached hydrogens (tertiary/aromatic N) is 4. The van der Waals surface area contributed by atoms with Crippen LogP contribution in [-0.4, -0.2) is 51.4 Å². The molecule has 1 aliphatic carbocycles. The number of piperazine rings is 1. The second kappa shape index (κ2) is 7.47. The van der Waals surface area contributed by atoms with Gasteiger partial charge in [-0.2, -0.15) is 0 Å². The molecule has 3 rings (SSSR count). The van der Waals surface area contributed by atoms with Gasteiger partial charge in [0.2, 0.25) is 5.91 Å². The van der Waals surface area contributed by atoms with Crippen LogP contribution < -0.4 is 0 Å². The minimum absolute atomic E-state index is 0.291. The minimum Gasteiger partial charge on any atom is -0.340 e. The smallest absolute Gasteiger partial charge is 0.225 e. The first-order chi connectivity index (χ1) is 11.2. The number of hydrogen-bond acceptors (Lipinski definition) is 3. The number of rotatable bonds is 4. The van der Waals surface area contributed by atoms with E-state index < -0.39 is 0 Å². The molecule has 2 heterocycles. The molecule has 1 saturated carbocycles. The second-order valence-corrected chi connectivity index (χ2v) is 7.18. The van der Waals surface area contributed by atoms with E-state index in [2.05, 4.69) is 26.3 Å². The lowest BCUT2D eigenvalue weighted by Gasteiger charge is -2.37. The summed E-state index contributed by atoms with van der Waals surface area (Å²) >= 11 is 0. The van der Waals surface area contributed by atoms with Crippen molar-refractivity contribution in [2.45, 2.75) is 45.6 Å². The van der Waals surface area contributed by atoms with Crippen molar-refractivity contribution in [2.24, 2.45) is 18.9 Å². The first-order valence-electron chi connectivity index (χ1n) is 9.14. The molecule has 1 aliphatic heterocycles. The van der Waals surface area contributed by atoms with Crippen LogP contribution in [0.15, 0.2) is 12.4 Å². The zero-order valence-electron chi connectivity index (χ0n) is 14.6. The Bertz CT molecular complexity index is 511. The van der Waals surface area contributed by atoms with Crippen LogP contribution in [0.1, 0.15) is 44.9 Å². The highest BCUT2D eigenvalue weighted by molar-refractivity contribution is 5.79. The first-order valence-corrected chi connectivity index (χ1v) is 9.14. The lowest BCUT2D eigenvalue weighted by molar-refractivity contribution is -0.138. The summed E-state index contributed by atoms with van der Waals surface area (Å²) in [7, 11) is 2.04. The summed E-state index contributed by atoms with van der Waals surface area (Å²) in [5.41, 5.74) is 0. The molecule has 0 N–H and O–H groups in total. The average Bonchev–Trinajstić information content (AvgIpc) is 3.00. The molecule has 0 aromatic carbocycles. The van der Waals surface area contributed by atoms with Gasteiger partial charge in [-0.05, 0) is 31.6 Å². The third-order valence-electron chi connectivity index (χ3n) is 5.74. The van der Waals surface area contributed by atoms with E-state index in [1.54, 1.807) is 0 Å². The fraction of sp³-hybridized carbons (Fsp3) is 0.778. The number of imidazole rings is 1. The third kappa shape index (κ3) is 3.94. The van der Waals surface area contributed by atoms with Gasteiger partial charge >= 0.3 is 0 Å². The van der Waals surface area contributed by atoms with Gasteiger partial charge < -0.3 is 9.47 Å². The van der Waals surface area contributed by atoms with Crippen LogP contribution in [0.3, 0.4) is 0 Å². The van der Waals surface area contributed by atoms with Gasteiger partial charge in [-0.3, -0.25) is 9.69 Å². The maximum absolute atomic E-state index is 12.7. The van der Waals surface area contributed by atoms with Gasteiger partial charge in [-0.15, -0.1) is 0 Å². The summed E-state index contributed by atoms with van der Waals surface area (Å²) < 4.78 is 2.07. The summed E-state index contributed by atoms with van der Waals surface area (Å²) in [4.78, 5) is 21.6. The molecule has 1 amide bonds. The van der Waals surface area contributed by atoms with Crippen LogP contribution in [0.5, 0.6) is 0 Å². The van der Waals surface area contributed by atoms with Crippen molar-refractivity contribution < 1.29 is 4.79 Å². The maximum Gasteiger partial charge on any atom is 0.225 e. The fourth-order valence-corrected chi connectivity index (χ4v) is 3.95. The number of carbonyl (C=O) groups is 1. The van der Waals surface area contributed by atoms with Crippen LogP contribution in [0.4, 0.5) is 0 Å². The van der Waals surface area contributed by atoms with Crippen molar-refractivity contribution >= 4 is 5.91 Å². The molecular weight excluding hydrogens is 288 g/mol. The highest BCUT2D eigenvalue weighted by Crippen LogP contribution is 2.31. The highest BCUT2D eigenvalue weighted by atomic mass is 16.2. The molecular formula is C18H30N4O. The Balaban J connectivity index is 1.45. The van der Waals surface area contributed by atoms with E-state index in [1.807, 2.05) is 19.4 Å². The zero-order chi connectivity index (χ0) is 16.2. The predicted octanol–water partition coefficient (Wildman–Crippen LogP) is 2.28. The van der Waals surface area contributed by atoms with Gasteiger partial charge in [0.05, 0.1) is 6.54 Å². The number of amides is 1. The molecule has 0 spiro atoms. The first kappa shape index (κ1) is 16.5. The largest absolute Gasteiger partial charge is 0.340 e. The molecule has 1 saturated heterocycles. The summed E-state index contributed by atoms with van der Waals surface area (Å²) in [5.74, 6) is 2.66. The normalized spacial score (nSPS) is 26.4. The van der Waals surface area contributed by atoms with Gasteiger partial charge in [-0.25, -0.2) is 4.98 Å². The lowest BCUT2D eigenvalue weighted by atomic mass is 9.80. The van der Waals surface area contributed by atoms with Crippen molar-refractivity contribution in [3.63, 3.8) is 0 Å². The Kier molecular flexibility index (Phi) is 5.36. The number of carbonyl (C=O) groups excluding carboxylic acids is 1. The monoisotopic (exact) mass is 318 g/mol. The van der Waals surface area contributed by atoms with Gasteiger partial charge in [0.25, 0.3) is 0 Å². The average molecular weight is 318 g/mol. The molecule has 0 atom stereocenters. The van der Waals surface area contributed by atoms with E-state index in [0.717, 1.165) is 57.3 Å². The quantitative estimate of drug-likeness (QED) is 0.855. The Morgan fingerprint density at radius 1 is 1.17 bits per heavy atom. The van der Waals surface area contributed by atoms with Gasteiger partial charge in [0, 0.05) is 51.5 Å². The van der Waals surface area contributed by atoms with Gasteiger partial charge in [0.1, 0.15) is 5.82 Å². The summed E-state index contributed by atoms with van der Waals surface area (Å²) in [6.07, 6.45) is 9.80. The summed E-state index contributed by atoms with van der Waals surface area (Å²) in [5, 5.41) is 0. The molecule has 0 unspecified atom stereocenters. The predicted molar refractivity (Wildman–Crippen MR) is 90.8 cm³/mol. The number of aromatic nitrogens is 2. The van der Waals surface area contributed by atoms with E-state index in [9.17, 15) is 4.79 Å². The van der Waals surface area contributed by atoms with Gasteiger partial charge in [-0.1, -0.05) is 13.3 Å². The molecule has 0 bridgehead atoms. The standard InChI is InChI=1S/C18H30N4O/c1-3-15-4-6-16(7-5-15)18(23)22-12-10-21(11-13-22)14-17-19-8-9-20(17)2/h8-9,15-16H,3-7,10-14H2,1-2H3. The molecule has 1 aromatic rings. The lowest BCUT2D eigenvalue weighted by Crippen LogP contribution is -2.50. The van der Waals surface area contributed by atoms with Crippen LogP contribution in [0, 0.1) is 11.8 Å². The van der Waals surface area contributed by atoms with E-state index in [0.29, 0.717) is 11.8 Å². The molecule has 2 fully saturated rings. The molecule has 5 nitrogen and oxygen atoms in total. The van der Waals surface area contributed by atoms with Crippen molar-refractivity contribution in [3.8, 4) is 0 Å². The van der Waals surface area contributed by atoms with Crippen molar-refractivity contribution in [3.05, 3.63) is 18.2 Å². The van der Waals surface area contributed by atoms with E-state index >= 15 is 0 Å². The Hall–Kier alpha value is -1.36. The van der Waals surface area contributed by atoms with E-state index in [1.165, 1.54) is 19.3 Å². The molecule has 0 radical (unpaired) electrons. The van der Waals surface area contributed by atoms with Crippen molar-refractivity contribution in [1.82, 2.24) is 19.4 Å². The topological polar surface area (TPSA) is 41.4 Å². The van der Waals surface area contributed by atoms with Crippen LogP contribution >= 0.6 is 0 Å². The molecule has 2 aliphatic rings. The second-order valence-electron chi connectivity index (χ2n) is 7.18. The van der Waals surface area contributed by atoms with Gasteiger partial charge in [0.15, 0.2) is 0 Å². The Morgan fingerprint density at radius 2 is 1.87 bits per heavy atom. The zero-order valence-corrected chi connectivity index (χ0v) is 14.6. The third-order valence-corrected chi connectivity index (χ3v) is 5.74. The Labute approximate surface area is 139 Å². The molecule has 128 valence electrons. The van der Waals surface area contributed by atoms with Crippen molar-refractivity contribution in [2.75, 3.05) is 26.2 Å². The Morgan fingerprint density at radius 3 is 2.43 bits per heavy atom. The molecule has 23 heavy (non-hydrogen) atoms. The number of hydrogen-bond donors (Lipinski definition) is 0. The SMILES string of the molecule is CCC1CCC(C(=O)N2CCN(Cc3nccn3C)CC2)CC1. The summed E-state index contributed by atoms with van der Waals surface area (Å²) in [6, 6.07) is 0. The molecule has 1 aromatic heterocycles. The van der Waals surface area contributed by atoms with Crippen LogP contribution in [0.2, 0.25) is 0 Å². The number of aryl methyl sites for hydroxylation is 1. The van der Waals surface area contributed by atoms with Crippen molar-refractivity contribution in [1.29, 1.82) is 0 Å². The fourth-order valence-electron chi connectivity index (χ4n) is 3.95. The van der Waals surface area contributed by atoms with Crippen LogP contribution in [-0.2, 0) is 18.4 Å². The van der Waals surface area contributed by atoms with E-state index in [4.69, 9.17) is 0 Å². The molecule has 5 heteroatoms.